The highest BCUT2D eigenvalue weighted by Gasteiger charge is 2.18. The lowest BCUT2D eigenvalue weighted by atomic mass is 10.2. The van der Waals surface area contributed by atoms with Gasteiger partial charge in [0.2, 0.25) is 0 Å². The van der Waals surface area contributed by atoms with Crippen molar-refractivity contribution in [2.24, 2.45) is 0 Å². The normalized spacial score (nSPS) is 10.7. The number of carbonyl (C=O) groups excluding carboxylic acids is 1. The Kier molecular flexibility index (Phi) is 3.96. The van der Waals surface area contributed by atoms with E-state index in [1.807, 2.05) is 0 Å². The van der Waals surface area contributed by atoms with Crippen LogP contribution in [0.5, 0.6) is 5.75 Å². The van der Waals surface area contributed by atoms with Crippen molar-refractivity contribution < 1.29 is 19.1 Å². The third-order valence-corrected chi connectivity index (χ3v) is 3.73. The Morgan fingerprint density at radius 2 is 2.11 bits per heavy atom. The van der Waals surface area contributed by atoms with Gasteiger partial charge < -0.3 is 14.3 Å². The van der Waals surface area contributed by atoms with Crippen molar-refractivity contribution in [3.63, 3.8) is 0 Å². The summed E-state index contributed by atoms with van der Waals surface area (Å²) in [5.41, 5.74) is -0.828. The first-order valence-corrected chi connectivity index (χ1v) is 6.86. The van der Waals surface area contributed by atoms with Gasteiger partial charge in [0.15, 0.2) is 5.58 Å². The molecule has 0 aliphatic rings. The number of phenols is 1. The van der Waals surface area contributed by atoms with Gasteiger partial charge in [0, 0.05) is 5.39 Å². The number of phenolic OH excluding ortho intramolecular Hbond substituents is 1. The first-order chi connectivity index (χ1) is 8.95. The molecular formula is C12H8Br2O5. The summed E-state index contributed by atoms with van der Waals surface area (Å²) in [6.07, 6.45) is 0. The maximum Gasteiger partial charge on any atom is 0.351 e. The van der Waals surface area contributed by atoms with E-state index in [1.165, 1.54) is 6.07 Å². The standard InChI is InChI=1S/C12H8Br2O5/c1-2-18-11(16)6-3-5-4-7(13)9(15)8(14)10(5)19-12(6)17/h3-4,15H,2H2,1H3. The van der Waals surface area contributed by atoms with E-state index in [0.29, 0.717) is 9.86 Å². The molecule has 1 aromatic heterocycles. The predicted octanol–water partition coefficient (Wildman–Crippen LogP) is 3.20. The smallest absolute Gasteiger partial charge is 0.351 e. The molecule has 7 heteroatoms. The summed E-state index contributed by atoms with van der Waals surface area (Å²) in [6.45, 7) is 1.81. The summed E-state index contributed by atoms with van der Waals surface area (Å²) in [7, 11) is 0. The van der Waals surface area contributed by atoms with Gasteiger partial charge >= 0.3 is 11.6 Å². The van der Waals surface area contributed by atoms with E-state index in [9.17, 15) is 14.7 Å². The van der Waals surface area contributed by atoms with Gasteiger partial charge in [-0.05, 0) is 50.9 Å². The van der Waals surface area contributed by atoms with Gasteiger partial charge in [-0.25, -0.2) is 9.59 Å². The molecule has 0 radical (unpaired) electrons. The molecule has 0 aliphatic heterocycles. The summed E-state index contributed by atoms with van der Waals surface area (Å²) in [6, 6.07) is 2.91. The average Bonchev–Trinajstić information content (AvgIpc) is 2.37. The van der Waals surface area contributed by atoms with Crippen LogP contribution in [0.1, 0.15) is 17.3 Å². The van der Waals surface area contributed by atoms with Crippen molar-refractivity contribution in [2.75, 3.05) is 6.61 Å². The fourth-order valence-corrected chi connectivity index (χ4v) is 2.77. The van der Waals surface area contributed by atoms with Crippen molar-refractivity contribution >= 4 is 48.8 Å². The summed E-state index contributed by atoms with van der Waals surface area (Å²) < 4.78 is 10.5. The molecule has 0 saturated heterocycles. The Labute approximate surface area is 124 Å². The minimum Gasteiger partial charge on any atom is -0.505 e. The van der Waals surface area contributed by atoms with Gasteiger partial charge in [-0.2, -0.15) is 0 Å². The Hall–Kier alpha value is -1.34. The minimum absolute atomic E-state index is 0.0838. The molecule has 0 amide bonds. The van der Waals surface area contributed by atoms with E-state index >= 15 is 0 Å². The predicted molar refractivity (Wildman–Crippen MR) is 75.5 cm³/mol. The second-order valence-electron chi connectivity index (χ2n) is 3.61. The van der Waals surface area contributed by atoms with Crippen molar-refractivity contribution in [3.8, 4) is 5.75 Å². The van der Waals surface area contributed by atoms with Crippen molar-refractivity contribution in [3.05, 3.63) is 37.1 Å². The van der Waals surface area contributed by atoms with Crippen LogP contribution in [-0.4, -0.2) is 17.7 Å². The van der Waals surface area contributed by atoms with E-state index in [0.717, 1.165) is 0 Å². The summed E-state index contributed by atoms with van der Waals surface area (Å²) in [5.74, 6) is -0.821. The second-order valence-corrected chi connectivity index (χ2v) is 5.25. The number of rotatable bonds is 2. The first kappa shape index (κ1) is 14.1. The molecule has 100 valence electrons. The number of ether oxygens (including phenoxy) is 1. The fourth-order valence-electron chi connectivity index (χ4n) is 1.53. The highest BCUT2D eigenvalue weighted by molar-refractivity contribution is 9.11. The van der Waals surface area contributed by atoms with Gasteiger partial charge in [-0.3, -0.25) is 0 Å². The van der Waals surface area contributed by atoms with E-state index in [2.05, 4.69) is 31.9 Å². The molecule has 0 aliphatic carbocycles. The molecular weight excluding hydrogens is 384 g/mol. The molecule has 2 rings (SSSR count). The summed E-state index contributed by atoms with van der Waals surface area (Å²) >= 11 is 6.29. The second kappa shape index (κ2) is 5.34. The Morgan fingerprint density at radius 3 is 2.74 bits per heavy atom. The van der Waals surface area contributed by atoms with E-state index in [-0.39, 0.29) is 28.0 Å². The van der Waals surface area contributed by atoms with Crippen molar-refractivity contribution in [1.82, 2.24) is 0 Å². The maximum atomic E-state index is 11.7. The van der Waals surface area contributed by atoms with Crippen LogP contribution in [0, 0.1) is 0 Å². The van der Waals surface area contributed by atoms with Crippen molar-refractivity contribution in [1.29, 1.82) is 0 Å². The van der Waals surface area contributed by atoms with E-state index in [4.69, 9.17) is 9.15 Å². The third kappa shape index (κ3) is 2.52. The van der Waals surface area contributed by atoms with Crippen LogP contribution in [0.25, 0.3) is 11.0 Å². The minimum atomic E-state index is -0.812. The van der Waals surface area contributed by atoms with Gasteiger partial charge in [-0.1, -0.05) is 0 Å². The number of carbonyl (C=O) groups is 1. The highest BCUT2D eigenvalue weighted by atomic mass is 79.9. The quantitative estimate of drug-likeness (QED) is 0.628. The number of halogens is 2. The number of fused-ring (bicyclic) bond motifs is 1. The first-order valence-electron chi connectivity index (χ1n) is 5.27. The van der Waals surface area contributed by atoms with Crippen molar-refractivity contribution in [2.45, 2.75) is 6.92 Å². The molecule has 0 saturated carbocycles. The van der Waals surface area contributed by atoms with Gasteiger partial charge in [0.05, 0.1) is 11.1 Å². The SMILES string of the molecule is CCOC(=O)c1cc2cc(Br)c(O)c(Br)c2oc1=O. The lowest BCUT2D eigenvalue weighted by molar-refractivity contribution is 0.0522. The zero-order valence-corrected chi connectivity index (χ0v) is 12.9. The van der Waals surface area contributed by atoms with Gasteiger partial charge in [0.25, 0.3) is 0 Å². The van der Waals surface area contributed by atoms with E-state index < -0.39 is 11.6 Å². The molecule has 0 spiro atoms. The molecule has 0 unspecified atom stereocenters. The summed E-state index contributed by atoms with van der Waals surface area (Å²) in [5, 5.41) is 10.2. The number of esters is 1. The Bertz CT molecular complexity index is 720. The number of benzene rings is 1. The molecule has 19 heavy (non-hydrogen) atoms. The average molecular weight is 392 g/mol. The number of hydrogen-bond acceptors (Lipinski definition) is 5. The molecule has 5 nitrogen and oxygen atoms in total. The molecule has 2 aromatic rings. The lowest BCUT2D eigenvalue weighted by Gasteiger charge is -2.06. The lowest BCUT2D eigenvalue weighted by Crippen LogP contribution is -2.16. The van der Waals surface area contributed by atoms with Crippen LogP contribution in [0.2, 0.25) is 0 Å². The van der Waals surface area contributed by atoms with Gasteiger partial charge in [-0.15, -0.1) is 0 Å². The molecule has 1 N–H and O–H groups in total. The molecule has 0 bridgehead atoms. The van der Waals surface area contributed by atoms with Crippen LogP contribution < -0.4 is 5.63 Å². The number of hydrogen-bond donors (Lipinski definition) is 1. The molecule has 1 heterocycles. The molecule has 0 fully saturated rings. The van der Waals surface area contributed by atoms with Crippen LogP contribution >= 0.6 is 31.9 Å². The maximum absolute atomic E-state index is 11.7. The summed E-state index contributed by atoms with van der Waals surface area (Å²) in [4.78, 5) is 23.3. The third-order valence-electron chi connectivity index (χ3n) is 2.39. The monoisotopic (exact) mass is 390 g/mol. The largest absolute Gasteiger partial charge is 0.505 e. The van der Waals surface area contributed by atoms with Gasteiger partial charge in [0.1, 0.15) is 15.8 Å². The molecule has 1 aromatic carbocycles. The zero-order chi connectivity index (χ0) is 14.2. The molecule has 0 atom stereocenters. The number of aromatic hydroxyl groups is 1. The van der Waals surface area contributed by atoms with Crippen LogP contribution in [0.4, 0.5) is 0 Å². The fraction of sp³-hybridized carbons (Fsp3) is 0.167. The van der Waals surface area contributed by atoms with Crippen LogP contribution in [0.15, 0.2) is 30.3 Å². The zero-order valence-electron chi connectivity index (χ0n) is 9.70. The van der Waals surface area contributed by atoms with Crippen LogP contribution in [-0.2, 0) is 4.74 Å². The Balaban J connectivity index is 2.73. The topological polar surface area (TPSA) is 76.7 Å². The Morgan fingerprint density at radius 1 is 1.42 bits per heavy atom. The van der Waals surface area contributed by atoms with Crippen LogP contribution in [0.3, 0.4) is 0 Å². The highest BCUT2D eigenvalue weighted by Crippen LogP contribution is 2.38. The van der Waals surface area contributed by atoms with E-state index in [1.54, 1.807) is 13.0 Å².